The lowest BCUT2D eigenvalue weighted by Crippen LogP contribution is -2.50. The van der Waals surface area contributed by atoms with E-state index in [4.69, 9.17) is 9.47 Å². The number of pyridine rings is 1. The summed E-state index contributed by atoms with van der Waals surface area (Å²) in [5.41, 5.74) is 0.809. The van der Waals surface area contributed by atoms with E-state index in [2.05, 4.69) is 4.98 Å². The Morgan fingerprint density at radius 1 is 1.07 bits per heavy atom. The second kappa shape index (κ2) is 9.03. The summed E-state index contributed by atoms with van der Waals surface area (Å²) in [7, 11) is 0. The van der Waals surface area contributed by atoms with Crippen LogP contribution in [0.5, 0.6) is 11.5 Å². The molecule has 0 spiro atoms. The number of anilines is 1. The second-order valence-corrected chi connectivity index (χ2v) is 6.19. The smallest absolute Gasteiger partial charge is 0.363 e. The largest absolute Gasteiger partial charge is 0.494 e. The Morgan fingerprint density at radius 3 is 2.25 bits per heavy atom. The summed E-state index contributed by atoms with van der Waals surface area (Å²) in [5, 5.41) is 10.7. The van der Waals surface area contributed by atoms with Crippen LogP contribution in [0, 0.1) is 10.1 Å². The average molecular weight is 386 g/mol. The number of carbonyl (C=O) groups is 1. The third kappa shape index (κ3) is 4.87. The summed E-state index contributed by atoms with van der Waals surface area (Å²) < 4.78 is 10.9. The van der Waals surface area contributed by atoms with Crippen molar-refractivity contribution in [3.05, 3.63) is 52.7 Å². The van der Waals surface area contributed by atoms with Gasteiger partial charge in [-0.25, -0.2) is 0 Å². The van der Waals surface area contributed by atoms with Crippen LogP contribution in [0.25, 0.3) is 0 Å². The zero-order chi connectivity index (χ0) is 19.9. The first-order valence-electron chi connectivity index (χ1n) is 9.05. The molecule has 1 aromatic heterocycles. The van der Waals surface area contributed by atoms with Crippen molar-refractivity contribution in [2.45, 2.75) is 6.92 Å². The maximum Gasteiger partial charge on any atom is 0.363 e. The Bertz CT molecular complexity index is 802. The van der Waals surface area contributed by atoms with Gasteiger partial charge < -0.3 is 29.4 Å². The Hall–Kier alpha value is -3.36. The van der Waals surface area contributed by atoms with Gasteiger partial charge in [0.05, 0.1) is 12.3 Å². The Kier molecular flexibility index (Phi) is 6.25. The molecule has 1 aliphatic rings. The van der Waals surface area contributed by atoms with Gasteiger partial charge >= 0.3 is 5.82 Å². The summed E-state index contributed by atoms with van der Waals surface area (Å²) in [6.45, 7) is 4.88. The molecule has 0 bridgehead atoms. The van der Waals surface area contributed by atoms with Crippen molar-refractivity contribution in [1.82, 2.24) is 9.88 Å². The Balaban J connectivity index is 1.46. The van der Waals surface area contributed by atoms with E-state index in [0.717, 1.165) is 11.4 Å². The van der Waals surface area contributed by atoms with Crippen LogP contribution in [0.4, 0.5) is 11.5 Å². The van der Waals surface area contributed by atoms with Crippen molar-refractivity contribution in [2.24, 2.45) is 0 Å². The third-order valence-corrected chi connectivity index (χ3v) is 4.41. The normalized spacial score (nSPS) is 13.9. The van der Waals surface area contributed by atoms with Crippen LogP contribution in [0.2, 0.25) is 0 Å². The maximum absolute atomic E-state index is 12.4. The molecule has 0 radical (unpaired) electrons. The number of rotatable bonds is 7. The Morgan fingerprint density at radius 2 is 1.71 bits per heavy atom. The number of ether oxygens (including phenoxy) is 2. The molecule has 0 unspecified atom stereocenters. The minimum atomic E-state index is -0.523. The predicted molar refractivity (Wildman–Crippen MR) is 103 cm³/mol. The van der Waals surface area contributed by atoms with Crippen molar-refractivity contribution in [3.63, 3.8) is 0 Å². The third-order valence-electron chi connectivity index (χ3n) is 4.41. The number of hydrogen-bond donors (Lipinski definition) is 0. The summed E-state index contributed by atoms with van der Waals surface area (Å²) in [4.78, 5) is 30.2. The van der Waals surface area contributed by atoms with Crippen molar-refractivity contribution < 1.29 is 19.2 Å². The lowest BCUT2D eigenvalue weighted by molar-refractivity contribution is -0.389. The van der Waals surface area contributed by atoms with Gasteiger partial charge in [-0.2, -0.15) is 0 Å². The van der Waals surface area contributed by atoms with Crippen molar-refractivity contribution in [2.75, 3.05) is 44.3 Å². The van der Waals surface area contributed by atoms with Gasteiger partial charge in [-0.3, -0.25) is 4.79 Å². The average Bonchev–Trinajstić information content (AvgIpc) is 2.73. The number of nitro groups is 1. The van der Waals surface area contributed by atoms with Crippen LogP contribution < -0.4 is 14.4 Å². The van der Waals surface area contributed by atoms with E-state index in [9.17, 15) is 14.9 Å². The first kappa shape index (κ1) is 19.4. The van der Waals surface area contributed by atoms with Gasteiger partial charge in [-0.1, -0.05) is 0 Å². The molecule has 1 saturated heterocycles. The molecule has 1 aromatic carbocycles. The quantitative estimate of drug-likeness (QED) is 0.531. The van der Waals surface area contributed by atoms with Crippen LogP contribution in [0.3, 0.4) is 0 Å². The van der Waals surface area contributed by atoms with Gasteiger partial charge in [-0.05, 0) is 47.2 Å². The number of carbonyl (C=O) groups excluding carboxylic acids is 1. The van der Waals surface area contributed by atoms with Crippen molar-refractivity contribution in [1.29, 1.82) is 0 Å². The highest BCUT2D eigenvalue weighted by atomic mass is 16.6. The highest BCUT2D eigenvalue weighted by Crippen LogP contribution is 2.19. The number of piperazine rings is 1. The molecule has 0 saturated carbocycles. The number of benzene rings is 1. The molecule has 148 valence electrons. The predicted octanol–water partition coefficient (Wildman–Crippen LogP) is 2.12. The molecule has 9 nitrogen and oxygen atoms in total. The van der Waals surface area contributed by atoms with E-state index in [1.54, 1.807) is 35.2 Å². The summed E-state index contributed by atoms with van der Waals surface area (Å²) in [6.07, 6.45) is 1.49. The van der Waals surface area contributed by atoms with Crippen LogP contribution in [-0.2, 0) is 4.79 Å². The van der Waals surface area contributed by atoms with Gasteiger partial charge in [0.1, 0.15) is 11.5 Å². The number of hydrogen-bond acceptors (Lipinski definition) is 7. The molecule has 1 amide bonds. The van der Waals surface area contributed by atoms with E-state index in [0.29, 0.717) is 38.5 Å². The van der Waals surface area contributed by atoms with E-state index in [1.165, 1.54) is 12.3 Å². The van der Waals surface area contributed by atoms with Crippen LogP contribution in [0.15, 0.2) is 42.6 Å². The zero-order valence-electron chi connectivity index (χ0n) is 15.6. The van der Waals surface area contributed by atoms with Crippen LogP contribution in [0.1, 0.15) is 6.92 Å². The standard InChI is InChI=1S/C19H22N4O5/c1-2-27-16-4-6-17(7-5-16)28-14-19(24)22-11-9-21(10-12-22)15-3-8-18(20-13-15)23(25)26/h3-8,13H,2,9-12,14H2,1H3. The van der Waals surface area contributed by atoms with E-state index in [-0.39, 0.29) is 18.3 Å². The van der Waals surface area contributed by atoms with Crippen molar-refractivity contribution in [3.8, 4) is 11.5 Å². The number of amides is 1. The van der Waals surface area contributed by atoms with Gasteiger partial charge in [0.25, 0.3) is 5.91 Å². The van der Waals surface area contributed by atoms with Gasteiger partial charge in [-0.15, -0.1) is 0 Å². The lowest BCUT2D eigenvalue weighted by atomic mass is 10.2. The van der Waals surface area contributed by atoms with E-state index >= 15 is 0 Å². The summed E-state index contributed by atoms with van der Waals surface area (Å²) in [5.74, 6) is 1.13. The second-order valence-electron chi connectivity index (χ2n) is 6.19. The first-order chi connectivity index (χ1) is 13.6. The molecule has 0 atom stereocenters. The minimum absolute atomic E-state index is 0.0208. The summed E-state index contributed by atoms with van der Waals surface area (Å²) >= 11 is 0. The molecule has 1 fully saturated rings. The molecular formula is C19H22N4O5. The first-order valence-corrected chi connectivity index (χ1v) is 9.05. The molecule has 2 aromatic rings. The fraction of sp³-hybridized carbons (Fsp3) is 0.368. The minimum Gasteiger partial charge on any atom is -0.494 e. The Labute approximate surface area is 162 Å². The monoisotopic (exact) mass is 386 g/mol. The SMILES string of the molecule is CCOc1ccc(OCC(=O)N2CCN(c3ccc([N+](=O)[O-])nc3)CC2)cc1. The topological polar surface area (TPSA) is 98.0 Å². The fourth-order valence-electron chi connectivity index (χ4n) is 2.92. The fourth-order valence-corrected chi connectivity index (χ4v) is 2.92. The number of aromatic nitrogens is 1. The molecule has 9 heteroatoms. The highest BCUT2D eigenvalue weighted by Gasteiger charge is 2.22. The maximum atomic E-state index is 12.4. The molecule has 0 N–H and O–H groups in total. The van der Waals surface area contributed by atoms with Crippen molar-refractivity contribution >= 4 is 17.4 Å². The molecule has 2 heterocycles. The highest BCUT2D eigenvalue weighted by molar-refractivity contribution is 5.78. The van der Waals surface area contributed by atoms with Crippen LogP contribution in [-0.4, -0.2) is 60.1 Å². The summed E-state index contributed by atoms with van der Waals surface area (Å²) in [6, 6.07) is 10.2. The van der Waals surface area contributed by atoms with Gasteiger partial charge in [0.15, 0.2) is 12.8 Å². The van der Waals surface area contributed by atoms with E-state index < -0.39 is 4.92 Å². The zero-order valence-corrected chi connectivity index (χ0v) is 15.6. The molecule has 0 aliphatic carbocycles. The lowest BCUT2D eigenvalue weighted by Gasteiger charge is -2.35. The van der Waals surface area contributed by atoms with Gasteiger partial charge in [0, 0.05) is 32.2 Å². The molecule has 3 rings (SSSR count). The van der Waals surface area contributed by atoms with Crippen LogP contribution >= 0.6 is 0 Å². The van der Waals surface area contributed by atoms with Gasteiger partial charge in [0.2, 0.25) is 0 Å². The molecular weight excluding hydrogens is 364 g/mol. The number of nitrogens with zero attached hydrogens (tertiary/aromatic N) is 4. The molecule has 1 aliphatic heterocycles. The van der Waals surface area contributed by atoms with E-state index in [1.807, 2.05) is 11.8 Å². The molecule has 28 heavy (non-hydrogen) atoms.